The van der Waals surface area contributed by atoms with Crippen LogP contribution < -0.4 is 11.3 Å². The summed E-state index contributed by atoms with van der Waals surface area (Å²) < 4.78 is 1.95. The van der Waals surface area contributed by atoms with Gasteiger partial charge in [-0.2, -0.15) is 0 Å². The molecule has 0 radical (unpaired) electrons. The van der Waals surface area contributed by atoms with Gasteiger partial charge in [-0.25, -0.2) is 4.98 Å². The van der Waals surface area contributed by atoms with Crippen molar-refractivity contribution < 1.29 is 0 Å². The fourth-order valence-corrected chi connectivity index (χ4v) is 2.61. The first-order valence-corrected chi connectivity index (χ1v) is 7.52. The fraction of sp³-hybridized carbons (Fsp3) is 0.118. The maximum Gasteiger partial charge on any atom is 0.258 e. The molecule has 0 fully saturated rings. The van der Waals surface area contributed by atoms with Gasteiger partial charge in [-0.3, -0.25) is 9.36 Å². The third-order valence-corrected chi connectivity index (χ3v) is 4.04. The fourth-order valence-electron chi connectivity index (χ4n) is 2.33. The number of benzene rings is 1. The SMILES string of the molecule is Cc1ccc(-n2cnc(-c3c(N)c(C)c[nH]c3=S)cc2=O)cc1. The number of nitrogens with two attached hydrogens (primary N) is 1. The minimum Gasteiger partial charge on any atom is -0.398 e. The third kappa shape index (κ3) is 2.80. The van der Waals surface area contributed by atoms with E-state index in [0.717, 1.165) is 16.8 Å². The van der Waals surface area contributed by atoms with E-state index in [1.807, 2.05) is 38.1 Å². The van der Waals surface area contributed by atoms with Gasteiger partial charge in [-0.1, -0.05) is 29.9 Å². The van der Waals surface area contributed by atoms with Crippen molar-refractivity contribution in [3.63, 3.8) is 0 Å². The summed E-state index contributed by atoms with van der Waals surface area (Å²) in [6, 6.07) is 9.11. The van der Waals surface area contributed by atoms with Crippen LogP contribution in [0.4, 0.5) is 5.69 Å². The van der Waals surface area contributed by atoms with Gasteiger partial charge >= 0.3 is 0 Å². The molecule has 2 heterocycles. The highest BCUT2D eigenvalue weighted by Crippen LogP contribution is 2.26. The number of nitrogens with one attached hydrogen (secondary N) is 1. The van der Waals surface area contributed by atoms with Crippen LogP contribution in [0.1, 0.15) is 11.1 Å². The topological polar surface area (TPSA) is 76.7 Å². The summed E-state index contributed by atoms with van der Waals surface area (Å²) in [6.07, 6.45) is 3.24. The van der Waals surface area contributed by atoms with Gasteiger partial charge < -0.3 is 10.7 Å². The van der Waals surface area contributed by atoms with Crippen LogP contribution in [-0.4, -0.2) is 14.5 Å². The van der Waals surface area contributed by atoms with E-state index in [-0.39, 0.29) is 5.56 Å². The standard InChI is InChI=1S/C17H16N4OS/c1-10-3-5-12(6-4-10)21-9-20-13(7-14(21)22)15-16(18)11(2)8-19-17(15)23/h3-9H,1-2H3,(H3,18,19,23). The molecular weight excluding hydrogens is 308 g/mol. The Bertz CT molecular complexity index is 987. The van der Waals surface area contributed by atoms with Crippen LogP contribution >= 0.6 is 12.2 Å². The van der Waals surface area contributed by atoms with Gasteiger partial charge in [0.05, 0.1) is 16.9 Å². The molecule has 116 valence electrons. The zero-order valence-electron chi connectivity index (χ0n) is 12.8. The van der Waals surface area contributed by atoms with E-state index in [2.05, 4.69) is 9.97 Å². The molecule has 0 saturated carbocycles. The van der Waals surface area contributed by atoms with Crippen molar-refractivity contribution in [3.8, 4) is 16.9 Å². The highest BCUT2D eigenvalue weighted by atomic mass is 32.1. The zero-order chi connectivity index (χ0) is 16.6. The van der Waals surface area contributed by atoms with Gasteiger partial charge in [0.2, 0.25) is 0 Å². The number of nitrogen functional groups attached to an aromatic ring is 1. The number of anilines is 1. The molecule has 1 aromatic carbocycles. The Morgan fingerprint density at radius 3 is 2.57 bits per heavy atom. The summed E-state index contributed by atoms with van der Waals surface area (Å²) in [6.45, 7) is 3.87. The lowest BCUT2D eigenvalue weighted by atomic mass is 10.1. The molecule has 3 aromatic rings. The Morgan fingerprint density at radius 2 is 1.91 bits per heavy atom. The highest BCUT2D eigenvalue weighted by molar-refractivity contribution is 7.71. The number of hydrogen-bond donors (Lipinski definition) is 2. The van der Waals surface area contributed by atoms with E-state index in [0.29, 0.717) is 21.6 Å². The number of aromatic amines is 1. The van der Waals surface area contributed by atoms with Gasteiger partial charge in [0.1, 0.15) is 11.0 Å². The van der Waals surface area contributed by atoms with Gasteiger partial charge in [0.15, 0.2) is 0 Å². The summed E-state index contributed by atoms with van der Waals surface area (Å²) in [5.41, 5.74) is 10.3. The van der Waals surface area contributed by atoms with E-state index in [1.54, 1.807) is 6.20 Å². The first-order valence-electron chi connectivity index (χ1n) is 7.11. The Hall–Kier alpha value is -2.73. The second-order valence-corrected chi connectivity index (χ2v) is 5.82. The van der Waals surface area contributed by atoms with Crippen molar-refractivity contribution in [1.82, 2.24) is 14.5 Å². The van der Waals surface area contributed by atoms with Gasteiger partial charge in [0, 0.05) is 18.0 Å². The minimum absolute atomic E-state index is 0.186. The molecule has 3 N–H and O–H groups in total. The summed E-state index contributed by atoms with van der Waals surface area (Å²) in [4.78, 5) is 19.8. The largest absolute Gasteiger partial charge is 0.398 e. The quantitative estimate of drug-likeness (QED) is 0.710. The summed E-state index contributed by atoms with van der Waals surface area (Å²) in [5, 5.41) is 0. The number of pyridine rings is 1. The Balaban J connectivity index is 2.14. The molecule has 0 aliphatic carbocycles. The molecule has 6 heteroatoms. The molecule has 0 saturated heterocycles. The smallest absolute Gasteiger partial charge is 0.258 e. The molecule has 0 atom stereocenters. The first-order chi connectivity index (χ1) is 11.0. The lowest BCUT2D eigenvalue weighted by molar-refractivity contribution is 0.938. The van der Waals surface area contributed by atoms with Gasteiger partial charge in [-0.05, 0) is 31.5 Å². The molecule has 0 aliphatic heterocycles. The number of rotatable bonds is 2. The average Bonchev–Trinajstić information content (AvgIpc) is 2.53. The van der Waals surface area contributed by atoms with Crippen molar-refractivity contribution in [2.45, 2.75) is 13.8 Å². The van der Waals surface area contributed by atoms with Crippen LogP contribution in [0, 0.1) is 18.5 Å². The van der Waals surface area contributed by atoms with Crippen LogP contribution in [0.2, 0.25) is 0 Å². The Kier molecular flexibility index (Phi) is 3.83. The number of hydrogen-bond acceptors (Lipinski definition) is 4. The highest BCUT2D eigenvalue weighted by Gasteiger charge is 2.11. The molecular formula is C17H16N4OS. The van der Waals surface area contributed by atoms with Crippen molar-refractivity contribution in [2.24, 2.45) is 0 Å². The van der Waals surface area contributed by atoms with Crippen LogP contribution in [0.3, 0.4) is 0 Å². The van der Waals surface area contributed by atoms with Crippen molar-refractivity contribution in [1.29, 1.82) is 0 Å². The minimum atomic E-state index is -0.186. The lowest BCUT2D eigenvalue weighted by Crippen LogP contribution is -2.18. The monoisotopic (exact) mass is 324 g/mol. The zero-order valence-corrected chi connectivity index (χ0v) is 13.6. The van der Waals surface area contributed by atoms with E-state index in [1.165, 1.54) is 17.0 Å². The number of nitrogens with zero attached hydrogens (tertiary/aromatic N) is 2. The lowest BCUT2D eigenvalue weighted by Gasteiger charge is -2.10. The second-order valence-electron chi connectivity index (χ2n) is 5.41. The van der Waals surface area contributed by atoms with E-state index < -0.39 is 0 Å². The molecule has 3 rings (SSSR count). The molecule has 0 bridgehead atoms. The maximum absolute atomic E-state index is 12.4. The summed E-state index contributed by atoms with van der Waals surface area (Å²) >= 11 is 5.28. The van der Waals surface area contributed by atoms with Crippen LogP contribution in [0.25, 0.3) is 16.9 Å². The molecule has 0 unspecified atom stereocenters. The van der Waals surface area contributed by atoms with Crippen molar-refractivity contribution in [2.75, 3.05) is 5.73 Å². The van der Waals surface area contributed by atoms with E-state index in [4.69, 9.17) is 18.0 Å². The number of aromatic nitrogens is 3. The molecule has 23 heavy (non-hydrogen) atoms. The van der Waals surface area contributed by atoms with Crippen LogP contribution in [-0.2, 0) is 0 Å². The first kappa shape index (κ1) is 15.2. The summed E-state index contributed by atoms with van der Waals surface area (Å²) in [7, 11) is 0. The second kappa shape index (κ2) is 5.81. The van der Waals surface area contributed by atoms with Gasteiger partial charge in [-0.15, -0.1) is 0 Å². The number of H-pyrrole nitrogens is 1. The maximum atomic E-state index is 12.4. The van der Waals surface area contributed by atoms with Gasteiger partial charge in [0.25, 0.3) is 5.56 Å². The molecule has 0 amide bonds. The summed E-state index contributed by atoms with van der Waals surface area (Å²) in [5.74, 6) is 0. The molecule has 0 spiro atoms. The average molecular weight is 324 g/mol. The van der Waals surface area contributed by atoms with E-state index >= 15 is 0 Å². The predicted octanol–water partition coefficient (Wildman–Crippen LogP) is 3.16. The molecule has 0 aliphatic rings. The van der Waals surface area contributed by atoms with Crippen LogP contribution in [0.15, 0.2) is 47.7 Å². The molecule has 5 nitrogen and oxygen atoms in total. The normalized spacial score (nSPS) is 10.7. The van der Waals surface area contributed by atoms with E-state index in [9.17, 15) is 4.79 Å². The van der Waals surface area contributed by atoms with Crippen molar-refractivity contribution in [3.05, 3.63) is 69.0 Å². The Labute approximate surface area is 138 Å². The number of aryl methyl sites for hydroxylation is 2. The van der Waals surface area contributed by atoms with Crippen LogP contribution in [0.5, 0.6) is 0 Å². The molecule has 2 aromatic heterocycles. The van der Waals surface area contributed by atoms with Crippen molar-refractivity contribution >= 4 is 17.9 Å². The Morgan fingerprint density at radius 1 is 1.22 bits per heavy atom. The third-order valence-electron chi connectivity index (χ3n) is 3.72. The predicted molar refractivity (Wildman–Crippen MR) is 94.3 cm³/mol.